The van der Waals surface area contributed by atoms with E-state index in [0.29, 0.717) is 0 Å². The molecule has 0 spiro atoms. The molecule has 1 heterocycles. The first kappa shape index (κ1) is 12.2. The number of benzene rings is 2. The van der Waals surface area contributed by atoms with E-state index in [-0.39, 0.29) is 6.29 Å². The maximum absolute atomic E-state index is 3.41. The monoisotopic (exact) mass is 253 g/mol. The van der Waals surface area contributed by atoms with Gasteiger partial charge in [-0.3, -0.25) is 10.6 Å². The van der Waals surface area contributed by atoms with Gasteiger partial charge in [-0.1, -0.05) is 42.5 Å². The van der Waals surface area contributed by atoms with E-state index in [0.717, 1.165) is 25.2 Å². The van der Waals surface area contributed by atoms with Crippen molar-refractivity contribution in [2.75, 3.05) is 18.4 Å². The summed E-state index contributed by atoms with van der Waals surface area (Å²) in [5, 5.41) is 10.1. The molecule has 19 heavy (non-hydrogen) atoms. The lowest BCUT2D eigenvalue weighted by molar-refractivity contribution is 0.620. The van der Waals surface area contributed by atoms with E-state index in [4.69, 9.17) is 0 Å². The second-order valence-electron chi connectivity index (χ2n) is 4.84. The molecule has 3 rings (SSSR count). The molecule has 3 heteroatoms. The number of hydrogen-bond acceptors (Lipinski definition) is 3. The van der Waals surface area contributed by atoms with Crippen LogP contribution in [-0.4, -0.2) is 19.4 Å². The number of nitrogens with one attached hydrogen (secondary N) is 3. The second-order valence-corrected chi connectivity index (χ2v) is 4.84. The van der Waals surface area contributed by atoms with Crippen molar-refractivity contribution in [3.8, 4) is 0 Å². The van der Waals surface area contributed by atoms with Crippen LogP contribution in [0.4, 0.5) is 5.69 Å². The molecule has 0 aromatic heterocycles. The normalized spacial score (nSPS) is 15.6. The van der Waals surface area contributed by atoms with Crippen molar-refractivity contribution >= 4 is 5.69 Å². The molecule has 1 saturated heterocycles. The molecule has 1 fully saturated rings. The summed E-state index contributed by atoms with van der Waals surface area (Å²) in [5.41, 5.74) is 3.83. The molecule has 1 aliphatic heterocycles. The van der Waals surface area contributed by atoms with Crippen LogP contribution in [0.25, 0.3) is 0 Å². The average molecular weight is 253 g/mol. The summed E-state index contributed by atoms with van der Waals surface area (Å²) in [4.78, 5) is 0. The molecule has 3 nitrogen and oxygen atoms in total. The minimum absolute atomic E-state index is 0.194. The lowest BCUT2D eigenvalue weighted by atomic mass is 10.0. The van der Waals surface area contributed by atoms with Crippen LogP contribution < -0.4 is 16.0 Å². The van der Waals surface area contributed by atoms with Gasteiger partial charge in [0.25, 0.3) is 0 Å². The first-order valence-corrected chi connectivity index (χ1v) is 6.76. The maximum atomic E-state index is 3.41. The van der Waals surface area contributed by atoms with Crippen molar-refractivity contribution in [1.29, 1.82) is 0 Å². The van der Waals surface area contributed by atoms with E-state index in [1.54, 1.807) is 0 Å². The van der Waals surface area contributed by atoms with Crippen LogP contribution in [0.15, 0.2) is 54.6 Å². The topological polar surface area (TPSA) is 36.1 Å². The zero-order valence-electron chi connectivity index (χ0n) is 10.9. The lowest BCUT2D eigenvalue weighted by Crippen LogP contribution is -2.38. The van der Waals surface area contributed by atoms with Crippen LogP contribution in [0.2, 0.25) is 0 Å². The minimum Gasteiger partial charge on any atom is -0.358 e. The van der Waals surface area contributed by atoms with Gasteiger partial charge in [0.2, 0.25) is 0 Å². The fourth-order valence-electron chi connectivity index (χ4n) is 2.32. The van der Waals surface area contributed by atoms with Crippen molar-refractivity contribution in [3.05, 3.63) is 65.7 Å². The van der Waals surface area contributed by atoms with Gasteiger partial charge < -0.3 is 5.32 Å². The largest absolute Gasteiger partial charge is 0.358 e. The minimum atomic E-state index is 0.194. The first-order chi connectivity index (χ1) is 9.40. The Balaban J connectivity index is 1.62. The molecule has 0 bridgehead atoms. The standard InChI is InChI=1S/C16H19N3/c1-2-4-13(5-3-1)12-14-6-8-15(9-7-14)19-16-17-10-11-18-16/h1-9,16-19H,10-12H2. The zero-order chi connectivity index (χ0) is 12.9. The smallest absolute Gasteiger partial charge is 0.132 e. The Hall–Kier alpha value is -1.84. The molecule has 0 unspecified atom stereocenters. The zero-order valence-corrected chi connectivity index (χ0v) is 10.9. The highest BCUT2D eigenvalue weighted by Crippen LogP contribution is 2.14. The molecular formula is C16H19N3. The van der Waals surface area contributed by atoms with Gasteiger partial charge in [0.1, 0.15) is 6.29 Å². The van der Waals surface area contributed by atoms with Gasteiger partial charge in [0.15, 0.2) is 0 Å². The fourth-order valence-corrected chi connectivity index (χ4v) is 2.32. The summed E-state index contributed by atoms with van der Waals surface area (Å²) < 4.78 is 0. The predicted octanol–water partition coefficient (Wildman–Crippen LogP) is 2.17. The highest BCUT2D eigenvalue weighted by Gasteiger charge is 2.11. The molecule has 3 N–H and O–H groups in total. The molecule has 0 amide bonds. The summed E-state index contributed by atoms with van der Waals surface area (Å²) in [6.07, 6.45) is 1.18. The number of anilines is 1. The third-order valence-corrected chi connectivity index (χ3v) is 3.34. The quantitative estimate of drug-likeness (QED) is 0.781. The molecule has 0 saturated carbocycles. The van der Waals surface area contributed by atoms with Crippen LogP contribution in [0.1, 0.15) is 11.1 Å². The predicted molar refractivity (Wildman–Crippen MR) is 79.1 cm³/mol. The van der Waals surface area contributed by atoms with Crippen molar-refractivity contribution in [3.63, 3.8) is 0 Å². The van der Waals surface area contributed by atoms with Crippen molar-refractivity contribution in [2.45, 2.75) is 12.7 Å². The molecule has 0 radical (unpaired) electrons. The third-order valence-electron chi connectivity index (χ3n) is 3.34. The Morgan fingerprint density at radius 1 is 0.842 bits per heavy atom. The Morgan fingerprint density at radius 2 is 1.47 bits per heavy atom. The van der Waals surface area contributed by atoms with E-state index < -0.39 is 0 Å². The average Bonchev–Trinajstić information content (AvgIpc) is 2.95. The van der Waals surface area contributed by atoms with Gasteiger partial charge in [-0.25, -0.2) is 0 Å². The Kier molecular flexibility index (Phi) is 3.77. The van der Waals surface area contributed by atoms with E-state index in [2.05, 4.69) is 70.5 Å². The summed E-state index contributed by atoms with van der Waals surface area (Å²) in [6, 6.07) is 19.2. The Bertz CT molecular complexity index is 501. The highest BCUT2D eigenvalue weighted by atomic mass is 15.3. The molecular weight excluding hydrogens is 234 g/mol. The molecule has 2 aromatic carbocycles. The van der Waals surface area contributed by atoms with Crippen LogP contribution in [0, 0.1) is 0 Å². The van der Waals surface area contributed by atoms with Gasteiger partial charge in [-0.15, -0.1) is 0 Å². The van der Waals surface area contributed by atoms with Crippen LogP contribution in [-0.2, 0) is 6.42 Å². The molecule has 98 valence electrons. The van der Waals surface area contributed by atoms with E-state index in [9.17, 15) is 0 Å². The fraction of sp³-hybridized carbons (Fsp3) is 0.250. The van der Waals surface area contributed by atoms with E-state index in [1.165, 1.54) is 11.1 Å². The third kappa shape index (κ3) is 3.34. The summed E-state index contributed by atoms with van der Waals surface area (Å²) in [7, 11) is 0. The van der Waals surface area contributed by atoms with E-state index >= 15 is 0 Å². The van der Waals surface area contributed by atoms with Gasteiger partial charge >= 0.3 is 0 Å². The van der Waals surface area contributed by atoms with Crippen molar-refractivity contribution < 1.29 is 0 Å². The van der Waals surface area contributed by atoms with Gasteiger partial charge in [-0.2, -0.15) is 0 Å². The number of rotatable bonds is 4. The summed E-state index contributed by atoms with van der Waals surface area (Å²) in [6.45, 7) is 2.04. The molecule has 0 aliphatic carbocycles. The van der Waals surface area contributed by atoms with Gasteiger partial charge in [-0.05, 0) is 29.7 Å². The second kappa shape index (κ2) is 5.87. The molecule has 1 aliphatic rings. The van der Waals surface area contributed by atoms with Crippen LogP contribution in [0.5, 0.6) is 0 Å². The lowest BCUT2D eigenvalue weighted by Gasteiger charge is -2.14. The van der Waals surface area contributed by atoms with E-state index in [1.807, 2.05) is 0 Å². The van der Waals surface area contributed by atoms with Gasteiger partial charge in [0, 0.05) is 18.8 Å². The Labute approximate surface area is 114 Å². The number of hydrogen-bond donors (Lipinski definition) is 3. The first-order valence-electron chi connectivity index (χ1n) is 6.76. The van der Waals surface area contributed by atoms with Crippen LogP contribution >= 0.6 is 0 Å². The molecule has 2 aromatic rings. The molecule has 0 atom stereocenters. The SMILES string of the molecule is c1ccc(Cc2ccc(NC3NCCN3)cc2)cc1. The maximum Gasteiger partial charge on any atom is 0.132 e. The summed E-state index contributed by atoms with van der Waals surface area (Å²) in [5.74, 6) is 0. The highest BCUT2D eigenvalue weighted by molar-refractivity contribution is 5.46. The Morgan fingerprint density at radius 3 is 2.16 bits per heavy atom. The van der Waals surface area contributed by atoms with Crippen molar-refractivity contribution in [1.82, 2.24) is 10.6 Å². The van der Waals surface area contributed by atoms with Crippen LogP contribution in [0.3, 0.4) is 0 Å². The van der Waals surface area contributed by atoms with Crippen molar-refractivity contribution in [2.24, 2.45) is 0 Å². The summed E-state index contributed by atoms with van der Waals surface area (Å²) >= 11 is 0. The van der Waals surface area contributed by atoms with Gasteiger partial charge in [0.05, 0.1) is 0 Å².